The Morgan fingerprint density at radius 1 is 1.33 bits per heavy atom. The lowest BCUT2D eigenvalue weighted by Gasteiger charge is -2.06. The second-order valence-corrected chi connectivity index (χ2v) is 5.74. The lowest BCUT2D eigenvalue weighted by molar-refractivity contribution is -0.116. The summed E-state index contributed by atoms with van der Waals surface area (Å²) in [5, 5.41) is 5.98. The SMILES string of the molecule is CCOCCCC(=O)Nc1ccc(-c2csc(C)n2)cc1. The highest BCUT2D eigenvalue weighted by molar-refractivity contribution is 7.09. The van der Waals surface area contributed by atoms with Gasteiger partial charge in [-0.1, -0.05) is 12.1 Å². The van der Waals surface area contributed by atoms with Crippen molar-refractivity contribution in [2.75, 3.05) is 18.5 Å². The molecule has 1 N–H and O–H groups in total. The molecule has 4 nitrogen and oxygen atoms in total. The number of amides is 1. The first-order valence-electron chi connectivity index (χ1n) is 7.09. The van der Waals surface area contributed by atoms with Crippen molar-refractivity contribution in [3.05, 3.63) is 34.7 Å². The molecule has 1 aromatic heterocycles. The maximum Gasteiger partial charge on any atom is 0.224 e. The molecule has 112 valence electrons. The maximum atomic E-state index is 11.8. The maximum absolute atomic E-state index is 11.8. The molecular weight excluding hydrogens is 284 g/mol. The van der Waals surface area contributed by atoms with E-state index in [9.17, 15) is 4.79 Å². The first-order chi connectivity index (χ1) is 10.2. The van der Waals surface area contributed by atoms with Gasteiger partial charge in [0, 0.05) is 36.3 Å². The van der Waals surface area contributed by atoms with Crippen molar-refractivity contribution in [3.63, 3.8) is 0 Å². The van der Waals surface area contributed by atoms with Crippen LogP contribution >= 0.6 is 11.3 Å². The lowest BCUT2D eigenvalue weighted by Crippen LogP contribution is -2.12. The van der Waals surface area contributed by atoms with Crippen LogP contribution in [-0.2, 0) is 9.53 Å². The number of nitrogens with zero attached hydrogens (tertiary/aromatic N) is 1. The molecule has 2 rings (SSSR count). The van der Waals surface area contributed by atoms with E-state index in [1.165, 1.54) is 0 Å². The molecule has 0 bridgehead atoms. The van der Waals surface area contributed by atoms with Gasteiger partial charge in [-0.2, -0.15) is 0 Å². The number of carbonyl (C=O) groups is 1. The van der Waals surface area contributed by atoms with Crippen LogP contribution in [0.2, 0.25) is 0 Å². The second kappa shape index (κ2) is 7.90. The molecule has 0 aliphatic heterocycles. The summed E-state index contributed by atoms with van der Waals surface area (Å²) < 4.78 is 5.21. The minimum atomic E-state index is 0.0203. The predicted molar refractivity (Wildman–Crippen MR) is 86.6 cm³/mol. The van der Waals surface area contributed by atoms with Gasteiger partial charge in [-0.05, 0) is 32.4 Å². The summed E-state index contributed by atoms with van der Waals surface area (Å²) in [7, 11) is 0. The zero-order chi connectivity index (χ0) is 15.1. The molecule has 0 aliphatic carbocycles. The fourth-order valence-corrected chi connectivity index (χ4v) is 2.54. The van der Waals surface area contributed by atoms with Crippen LogP contribution in [0.1, 0.15) is 24.8 Å². The van der Waals surface area contributed by atoms with Crippen LogP contribution in [0, 0.1) is 6.92 Å². The number of rotatable bonds is 7. The Morgan fingerprint density at radius 2 is 2.10 bits per heavy atom. The number of hydrogen-bond donors (Lipinski definition) is 1. The highest BCUT2D eigenvalue weighted by Gasteiger charge is 2.04. The number of carbonyl (C=O) groups excluding carboxylic acids is 1. The standard InChI is InChI=1S/C16H20N2O2S/c1-3-20-10-4-5-16(19)18-14-8-6-13(7-9-14)15-11-21-12(2)17-15/h6-9,11H,3-5,10H2,1-2H3,(H,18,19). The van der Waals surface area contributed by atoms with Gasteiger partial charge in [0.2, 0.25) is 5.91 Å². The Labute approximate surface area is 129 Å². The zero-order valence-corrected chi connectivity index (χ0v) is 13.2. The third kappa shape index (κ3) is 4.95. The van der Waals surface area contributed by atoms with Crippen LogP contribution in [0.4, 0.5) is 5.69 Å². The molecule has 0 saturated heterocycles. The topological polar surface area (TPSA) is 51.2 Å². The summed E-state index contributed by atoms with van der Waals surface area (Å²) in [6.07, 6.45) is 1.23. The summed E-state index contributed by atoms with van der Waals surface area (Å²) in [6.45, 7) is 5.27. The molecule has 0 unspecified atom stereocenters. The van der Waals surface area contributed by atoms with E-state index in [0.29, 0.717) is 19.6 Å². The van der Waals surface area contributed by atoms with Gasteiger partial charge in [0.05, 0.1) is 10.7 Å². The molecule has 1 amide bonds. The van der Waals surface area contributed by atoms with E-state index in [-0.39, 0.29) is 5.91 Å². The van der Waals surface area contributed by atoms with E-state index in [4.69, 9.17) is 4.74 Å². The number of aromatic nitrogens is 1. The van der Waals surface area contributed by atoms with E-state index in [1.54, 1.807) is 11.3 Å². The van der Waals surface area contributed by atoms with E-state index in [1.807, 2.05) is 43.5 Å². The quantitative estimate of drug-likeness (QED) is 0.790. The number of ether oxygens (including phenoxy) is 1. The van der Waals surface area contributed by atoms with Crippen molar-refractivity contribution in [3.8, 4) is 11.3 Å². The molecular formula is C16H20N2O2S. The third-order valence-electron chi connectivity index (χ3n) is 2.98. The Hall–Kier alpha value is -1.72. The zero-order valence-electron chi connectivity index (χ0n) is 12.4. The molecule has 0 spiro atoms. The molecule has 0 aliphatic rings. The van der Waals surface area contributed by atoms with Gasteiger partial charge in [0.15, 0.2) is 0 Å². The molecule has 1 aromatic carbocycles. The molecule has 0 fully saturated rings. The lowest BCUT2D eigenvalue weighted by atomic mass is 10.1. The smallest absolute Gasteiger partial charge is 0.224 e. The minimum absolute atomic E-state index is 0.0203. The molecule has 1 heterocycles. The van der Waals surface area contributed by atoms with Crippen LogP contribution < -0.4 is 5.32 Å². The minimum Gasteiger partial charge on any atom is -0.382 e. The van der Waals surface area contributed by atoms with Crippen molar-refractivity contribution in [1.29, 1.82) is 0 Å². The van der Waals surface area contributed by atoms with Gasteiger partial charge in [-0.25, -0.2) is 4.98 Å². The number of hydrogen-bond acceptors (Lipinski definition) is 4. The van der Waals surface area contributed by atoms with E-state index >= 15 is 0 Å². The Bertz CT molecular complexity index is 578. The van der Waals surface area contributed by atoms with Crippen LogP contribution in [0.25, 0.3) is 11.3 Å². The Morgan fingerprint density at radius 3 is 2.71 bits per heavy atom. The Balaban J connectivity index is 1.86. The summed E-state index contributed by atoms with van der Waals surface area (Å²) in [6, 6.07) is 7.77. The van der Waals surface area contributed by atoms with Gasteiger partial charge in [0.25, 0.3) is 0 Å². The third-order valence-corrected chi connectivity index (χ3v) is 3.75. The van der Waals surface area contributed by atoms with Gasteiger partial charge in [-0.15, -0.1) is 11.3 Å². The largest absolute Gasteiger partial charge is 0.382 e. The number of benzene rings is 1. The van der Waals surface area contributed by atoms with Crippen molar-refractivity contribution in [1.82, 2.24) is 4.98 Å². The van der Waals surface area contributed by atoms with Gasteiger partial charge in [-0.3, -0.25) is 4.79 Å². The van der Waals surface area contributed by atoms with Crippen LogP contribution in [0.3, 0.4) is 0 Å². The molecule has 0 saturated carbocycles. The van der Waals surface area contributed by atoms with Crippen molar-refractivity contribution >= 4 is 22.9 Å². The van der Waals surface area contributed by atoms with Crippen molar-refractivity contribution < 1.29 is 9.53 Å². The predicted octanol–water partition coefficient (Wildman–Crippen LogP) is 3.87. The van der Waals surface area contributed by atoms with Crippen LogP contribution in [0.15, 0.2) is 29.6 Å². The van der Waals surface area contributed by atoms with Gasteiger partial charge >= 0.3 is 0 Å². The summed E-state index contributed by atoms with van der Waals surface area (Å²) in [5.41, 5.74) is 2.85. The van der Waals surface area contributed by atoms with E-state index < -0.39 is 0 Å². The molecule has 0 radical (unpaired) electrons. The summed E-state index contributed by atoms with van der Waals surface area (Å²) >= 11 is 1.63. The van der Waals surface area contributed by atoms with Crippen molar-refractivity contribution in [2.24, 2.45) is 0 Å². The number of thiazole rings is 1. The van der Waals surface area contributed by atoms with E-state index in [2.05, 4.69) is 10.3 Å². The molecule has 0 atom stereocenters. The fraction of sp³-hybridized carbons (Fsp3) is 0.375. The van der Waals surface area contributed by atoms with Gasteiger partial charge < -0.3 is 10.1 Å². The molecule has 2 aromatic rings. The molecule has 5 heteroatoms. The summed E-state index contributed by atoms with van der Waals surface area (Å²) in [4.78, 5) is 16.2. The number of aryl methyl sites for hydroxylation is 1. The number of nitrogens with one attached hydrogen (secondary N) is 1. The monoisotopic (exact) mass is 304 g/mol. The Kier molecular flexibility index (Phi) is 5.90. The van der Waals surface area contributed by atoms with Crippen molar-refractivity contribution in [2.45, 2.75) is 26.7 Å². The average molecular weight is 304 g/mol. The fourth-order valence-electron chi connectivity index (χ4n) is 1.92. The molecule has 21 heavy (non-hydrogen) atoms. The highest BCUT2D eigenvalue weighted by Crippen LogP contribution is 2.23. The van der Waals surface area contributed by atoms with Gasteiger partial charge in [0.1, 0.15) is 0 Å². The first kappa shape index (κ1) is 15.7. The first-order valence-corrected chi connectivity index (χ1v) is 7.97. The van der Waals surface area contributed by atoms with E-state index in [0.717, 1.165) is 28.4 Å². The average Bonchev–Trinajstić information content (AvgIpc) is 2.91. The summed E-state index contributed by atoms with van der Waals surface area (Å²) in [5.74, 6) is 0.0203. The normalized spacial score (nSPS) is 10.6. The second-order valence-electron chi connectivity index (χ2n) is 4.68. The van der Waals surface area contributed by atoms with Crippen LogP contribution in [-0.4, -0.2) is 24.1 Å². The number of anilines is 1. The highest BCUT2D eigenvalue weighted by atomic mass is 32.1. The van der Waals surface area contributed by atoms with Crippen LogP contribution in [0.5, 0.6) is 0 Å².